The van der Waals surface area contributed by atoms with Crippen LogP contribution in [-0.2, 0) is 38.8 Å². The van der Waals surface area contributed by atoms with Crippen LogP contribution in [-0.4, -0.2) is 34.7 Å². The van der Waals surface area contributed by atoms with Gasteiger partial charge in [-0.15, -0.1) is 0 Å². The van der Waals surface area contributed by atoms with Crippen molar-refractivity contribution < 1.29 is 21.2 Å². The predicted molar refractivity (Wildman–Crippen MR) is 95.8 cm³/mol. The zero-order valence-corrected chi connectivity index (χ0v) is 15.8. The van der Waals surface area contributed by atoms with Gasteiger partial charge >= 0.3 is 0 Å². The van der Waals surface area contributed by atoms with Crippen molar-refractivity contribution in [2.24, 2.45) is 0 Å². The van der Waals surface area contributed by atoms with Crippen LogP contribution in [0.1, 0.15) is 16.7 Å². The van der Waals surface area contributed by atoms with Crippen LogP contribution in [0.2, 0.25) is 0 Å². The highest BCUT2D eigenvalue weighted by Crippen LogP contribution is 2.25. The van der Waals surface area contributed by atoms with Gasteiger partial charge in [0.2, 0.25) is 20.0 Å². The van der Waals surface area contributed by atoms with Gasteiger partial charge in [-0.2, -0.15) is 4.31 Å². The van der Waals surface area contributed by atoms with E-state index in [0.717, 1.165) is 5.56 Å². The molecule has 0 amide bonds. The summed E-state index contributed by atoms with van der Waals surface area (Å²) in [7, 11) is -5.86. The molecule has 1 aliphatic rings. The van der Waals surface area contributed by atoms with Crippen molar-refractivity contribution in [3.63, 3.8) is 0 Å². The lowest BCUT2D eigenvalue weighted by Gasteiger charge is -2.28. The Balaban J connectivity index is 1.84. The average Bonchev–Trinajstić information content (AvgIpc) is 2.62. The summed E-state index contributed by atoms with van der Waals surface area (Å²) >= 11 is 0. The lowest BCUT2D eigenvalue weighted by molar-refractivity contribution is 0.390. The van der Waals surface area contributed by atoms with Gasteiger partial charge in [-0.3, -0.25) is 0 Å². The zero-order valence-electron chi connectivity index (χ0n) is 14.1. The Labute approximate surface area is 152 Å². The second kappa shape index (κ2) is 7.07. The summed E-state index contributed by atoms with van der Waals surface area (Å²) in [5.41, 5.74) is 2.12. The number of halogens is 1. The van der Waals surface area contributed by atoms with Crippen LogP contribution in [0.3, 0.4) is 0 Å². The first kappa shape index (κ1) is 19.0. The molecular formula is C17H19FN2O4S2. The van der Waals surface area contributed by atoms with Crippen molar-refractivity contribution in [1.29, 1.82) is 0 Å². The summed E-state index contributed by atoms with van der Waals surface area (Å²) in [6.07, 6.45) is 0.512. The average molecular weight is 398 g/mol. The quantitative estimate of drug-likeness (QED) is 0.830. The Morgan fingerprint density at radius 1 is 1.04 bits per heavy atom. The van der Waals surface area contributed by atoms with E-state index in [0.29, 0.717) is 24.1 Å². The van der Waals surface area contributed by atoms with Gasteiger partial charge in [-0.25, -0.2) is 25.9 Å². The van der Waals surface area contributed by atoms with Crippen LogP contribution in [0.25, 0.3) is 0 Å². The topological polar surface area (TPSA) is 83.6 Å². The van der Waals surface area contributed by atoms with Crippen molar-refractivity contribution in [2.75, 3.05) is 13.6 Å². The van der Waals surface area contributed by atoms with E-state index in [1.807, 2.05) is 0 Å². The summed E-state index contributed by atoms with van der Waals surface area (Å²) in [6.45, 7) is 0.445. The summed E-state index contributed by atoms with van der Waals surface area (Å²) in [4.78, 5) is 0.108. The van der Waals surface area contributed by atoms with Crippen LogP contribution in [0.5, 0.6) is 0 Å². The first-order valence-electron chi connectivity index (χ1n) is 7.99. The molecule has 9 heteroatoms. The highest BCUT2D eigenvalue weighted by molar-refractivity contribution is 7.89. The lowest BCUT2D eigenvalue weighted by atomic mass is 10.0. The molecule has 0 radical (unpaired) electrons. The minimum absolute atomic E-state index is 0.108. The van der Waals surface area contributed by atoms with E-state index in [1.165, 1.54) is 47.8 Å². The molecule has 6 nitrogen and oxygen atoms in total. The second-order valence-corrected chi connectivity index (χ2v) is 9.96. The van der Waals surface area contributed by atoms with Gasteiger partial charge in [0.05, 0.1) is 10.6 Å². The van der Waals surface area contributed by atoms with E-state index in [4.69, 9.17) is 0 Å². The van der Waals surface area contributed by atoms with Crippen molar-refractivity contribution in [1.82, 2.24) is 9.03 Å². The Morgan fingerprint density at radius 3 is 2.38 bits per heavy atom. The highest BCUT2D eigenvalue weighted by atomic mass is 32.2. The molecule has 1 heterocycles. The third-order valence-corrected chi connectivity index (χ3v) is 7.60. The number of hydrogen-bond donors (Lipinski definition) is 1. The summed E-state index contributed by atoms with van der Waals surface area (Å²) in [6, 6.07) is 10.1. The van der Waals surface area contributed by atoms with Crippen molar-refractivity contribution in [2.45, 2.75) is 23.6 Å². The van der Waals surface area contributed by atoms with Crippen LogP contribution in [0.4, 0.5) is 4.39 Å². The maximum atomic E-state index is 13.0. The van der Waals surface area contributed by atoms with Gasteiger partial charge in [-0.1, -0.05) is 18.2 Å². The Bertz CT molecular complexity index is 1020. The normalized spacial score (nSPS) is 15.6. The molecule has 1 aliphatic heterocycles. The number of fused-ring (bicyclic) bond motifs is 1. The summed E-state index contributed by atoms with van der Waals surface area (Å²) < 4.78 is 65.9. The molecule has 2 aromatic rings. The predicted octanol–water partition coefficient (Wildman–Crippen LogP) is 1.62. The second-order valence-electron chi connectivity index (χ2n) is 6.10. The van der Waals surface area contributed by atoms with E-state index >= 15 is 0 Å². The summed E-state index contributed by atoms with van der Waals surface area (Å²) in [5, 5.41) is 0. The fourth-order valence-electron chi connectivity index (χ4n) is 2.91. The van der Waals surface area contributed by atoms with Gasteiger partial charge in [0.15, 0.2) is 0 Å². The van der Waals surface area contributed by atoms with E-state index in [2.05, 4.69) is 4.72 Å². The van der Waals surface area contributed by atoms with Gasteiger partial charge in [-0.05, 0) is 54.4 Å². The molecule has 0 saturated heterocycles. The molecular weight excluding hydrogens is 379 g/mol. The molecule has 0 aromatic heterocycles. The molecule has 1 N–H and O–H groups in total. The number of nitrogens with zero attached hydrogens (tertiary/aromatic N) is 1. The van der Waals surface area contributed by atoms with Crippen molar-refractivity contribution >= 4 is 20.0 Å². The lowest BCUT2D eigenvalue weighted by Crippen LogP contribution is -2.36. The third kappa shape index (κ3) is 3.96. The number of rotatable bonds is 5. The first-order chi connectivity index (χ1) is 12.2. The molecule has 0 atom stereocenters. The smallest absolute Gasteiger partial charge is 0.214 e. The summed E-state index contributed by atoms with van der Waals surface area (Å²) in [5.74, 6) is -0.645. The van der Waals surface area contributed by atoms with Crippen LogP contribution in [0, 0.1) is 5.82 Å². The van der Waals surface area contributed by atoms with Gasteiger partial charge in [0.25, 0.3) is 0 Å². The highest BCUT2D eigenvalue weighted by Gasteiger charge is 2.28. The Kier molecular flexibility index (Phi) is 5.16. The molecule has 140 valence electrons. The molecule has 0 unspecified atom stereocenters. The molecule has 0 saturated carbocycles. The van der Waals surface area contributed by atoms with Crippen molar-refractivity contribution in [3.8, 4) is 0 Å². The third-order valence-electron chi connectivity index (χ3n) is 4.39. The van der Waals surface area contributed by atoms with Crippen LogP contribution >= 0.6 is 0 Å². The van der Waals surface area contributed by atoms with Gasteiger partial charge in [0, 0.05) is 13.1 Å². The Morgan fingerprint density at radius 2 is 1.73 bits per heavy atom. The largest absolute Gasteiger partial charge is 0.240 e. The van der Waals surface area contributed by atoms with Crippen LogP contribution in [0.15, 0.2) is 47.4 Å². The maximum Gasteiger partial charge on any atom is 0.240 e. The number of benzene rings is 2. The molecule has 0 bridgehead atoms. The first-order valence-corrected chi connectivity index (χ1v) is 11.1. The zero-order chi connectivity index (χ0) is 18.9. The molecule has 2 aromatic carbocycles. The molecule has 26 heavy (non-hydrogen) atoms. The molecule has 3 rings (SSSR count). The monoisotopic (exact) mass is 398 g/mol. The van der Waals surface area contributed by atoms with Crippen molar-refractivity contribution in [3.05, 3.63) is 65.0 Å². The minimum Gasteiger partial charge on any atom is -0.214 e. The fourth-order valence-corrected chi connectivity index (χ4v) is 5.19. The van der Waals surface area contributed by atoms with Gasteiger partial charge < -0.3 is 0 Å². The molecule has 0 spiro atoms. The number of hydrogen-bond acceptors (Lipinski definition) is 4. The van der Waals surface area contributed by atoms with E-state index in [9.17, 15) is 21.2 Å². The standard InChI is InChI=1S/C17H19FN2O4S2/c1-19-26(23,24)17-7-4-14-8-9-20(11-15(14)10-17)25(21,22)12-13-2-5-16(18)6-3-13/h2-7,10,19H,8-9,11-12H2,1H3. The Hall–Kier alpha value is -1.81. The molecule has 0 aliphatic carbocycles. The van der Waals surface area contributed by atoms with E-state index < -0.39 is 25.9 Å². The fraction of sp³-hybridized carbons (Fsp3) is 0.294. The van der Waals surface area contributed by atoms with E-state index in [1.54, 1.807) is 6.07 Å². The van der Waals surface area contributed by atoms with E-state index in [-0.39, 0.29) is 17.2 Å². The van der Waals surface area contributed by atoms with Gasteiger partial charge in [0.1, 0.15) is 5.82 Å². The maximum absolute atomic E-state index is 13.0. The van der Waals surface area contributed by atoms with Crippen LogP contribution < -0.4 is 4.72 Å². The number of nitrogens with one attached hydrogen (secondary N) is 1. The minimum atomic E-state index is -3.60. The SMILES string of the molecule is CNS(=O)(=O)c1ccc2c(c1)CN(S(=O)(=O)Cc1ccc(F)cc1)CC2. The molecule has 0 fully saturated rings. The number of sulfonamides is 2.